The Labute approximate surface area is 182 Å². The van der Waals surface area contributed by atoms with E-state index in [1.165, 1.54) is 0 Å². The van der Waals surface area contributed by atoms with Gasteiger partial charge < -0.3 is 9.88 Å². The molecule has 2 heterocycles. The third kappa shape index (κ3) is 3.99. The minimum absolute atomic E-state index is 0.304. The fourth-order valence-corrected chi connectivity index (χ4v) is 4.26. The van der Waals surface area contributed by atoms with Gasteiger partial charge in [0.1, 0.15) is 6.54 Å². The maximum Gasteiger partial charge on any atom is 0.294 e. The number of benzene rings is 2. The summed E-state index contributed by atoms with van der Waals surface area (Å²) in [5, 5.41) is 3.76. The fourth-order valence-electron chi connectivity index (χ4n) is 3.31. The number of amides is 3. The first-order chi connectivity index (χ1) is 14.5. The van der Waals surface area contributed by atoms with E-state index in [1.54, 1.807) is 30.3 Å². The standard InChI is InChI=1S/C22H18ClN3O3S/c1-2-25-12-14(17-5-3-4-6-18(17)25)11-19-21(28)26(22(29)30-19)13-20(27)24-16-9-7-15(23)8-10-16/h3-12H,2,13H2,1H3,(H,24,27). The quantitative estimate of drug-likeness (QED) is 0.568. The van der Waals surface area contributed by atoms with Crippen molar-refractivity contribution < 1.29 is 14.4 Å². The Morgan fingerprint density at radius 1 is 1.13 bits per heavy atom. The zero-order valence-electron chi connectivity index (χ0n) is 16.1. The molecule has 30 heavy (non-hydrogen) atoms. The molecule has 3 aromatic rings. The van der Waals surface area contributed by atoms with Crippen LogP contribution in [0.2, 0.25) is 5.02 Å². The molecule has 4 rings (SSSR count). The van der Waals surface area contributed by atoms with Gasteiger partial charge in [-0.2, -0.15) is 0 Å². The van der Waals surface area contributed by atoms with Crippen LogP contribution in [-0.2, 0) is 16.1 Å². The molecule has 0 bridgehead atoms. The van der Waals surface area contributed by atoms with E-state index in [0.29, 0.717) is 15.6 Å². The number of nitrogens with one attached hydrogen (secondary N) is 1. The minimum atomic E-state index is -0.468. The number of hydrogen-bond acceptors (Lipinski definition) is 4. The number of thioether (sulfide) groups is 1. The first-order valence-corrected chi connectivity index (χ1v) is 10.5. The molecule has 0 radical (unpaired) electrons. The topological polar surface area (TPSA) is 71.4 Å². The molecular formula is C22H18ClN3O3S. The number of halogens is 1. The molecular weight excluding hydrogens is 422 g/mol. The van der Waals surface area contributed by atoms with Gasteiger partial charge >= 0.3 is 0 Å². The maximum atomic E-state index is 12.8. The van der Waals surface area contributed by atoms with Crippen LogP contribution >= 0.6 is 23.4 Å². The smallest absolute Gasteiger partial charge is 0.294 e. The van der Waals surface area contributed by atoms with Crippen LogP contribution in [0.25, 0.3) is 17.0 Å². The fraction of sp³-hybridized carbons (Fsp3) is 0.136. The second kappa shape index (κ2) is 8.38. The summed E-state index contributed by atoms with van der Waals surface area (Å²) in [6.45, 7) is 2.49. The average Bonchev–Trinajstić information content (AvgIpc) is 3.22. The highest BCUT2D eigenvalue weighted by Crippen LogP contribution is 2.34. The van der Waals surface area contributed by atoms with Crippen molar-refractivity contribution in [1.82, 2.24) is 9.47 Å². The van der Waals surface area contributed by atoms with Crippen LogP contribution in [0.5, 0.6) is 0 Å². The third-order valence-corrected chi connectivity index (χ3v) is 5.91. The molecule has 1 saturated heterocycles. The highest BCUT2D eigenvalue weighted by Gasteiger charge is 2.36. The Hall–Kier alpha value is -3.03. The highest BCUT2D eigenvalue weighted by atomic mass is 35.5. The lowest BCUT2D eigenvalue weighted by atomic mass is 10.1. The van der Waals surface area contributed by atoms with Gasteiger partial charge in [-0.3, -0.25) is 19.3 Å². The number of imide groups is 1. The van der Waals surface area contributed by atoms with Gasteiger partial charge in [-0.1, -0.05) is 29.8 Å². The largest absolute Gasteiger partial charge is 0.347 e. The van der Waals surface area contributed by atoms with Gasteiger partial charge in [0.05, 0.1) is 4.91 Å². The summed E-state index contributed by atoms with van der Waals surface area (Å²) >= 11 is 6.68. The number of rotatable bonds is 5. The summed E-state index contributed by atoms with van der Waals surface area (Å²) < 4.78 is 2.09. The van der Waals surface area contributed by atoms with Crippen LogP contribution in [0.15, 0.2) is 59.6 Å². The highest BCUT2D eigenvalue weighted by molar-refractivity contribution is 8.18. The van der Waals surface area contributed by atoms with Gasteiger partial charge in [0.15, 0.2) is 0 Å². The van der Waals surface area contributed by atoms with Crippen molar-refractivity contribution in [2.45, 2.75) is 13.5 Å². The van der Waals surface area contributed by atoms with Crippen molar-refractivity contribution >= 4 is 63.1 Å². The molecule has 6 nitrogen and oxygen atoms in total. The Morgan fingerprint density at radius 3 is 2.60 bits per heavy atom. The zero-order valence-corrected chi connectivity index (χ0v) is 17.7. The summed E-state index contributed by atoms with van der Waals surface area (Å²) in [4.78, 5) is 38.7. The van der Waals surface area contributed by atoms with Gasteiger partial charge in [-0.05, 0) is 55.1 Å². The van der Waals surface area contributed by atoms with Gasteiger partial charge in [0, 0.05) is 39.9 Å². The second-order valence-corrected chi connectivity index (χ2v) is 8.14. The predicted molar refractivity (Wildman–Crippen MR) is 120 cm³/mol. The molecule has 0 spiro atoms. The Kier molecular flexibility index (Phi) is 5.65. The normalized spacial score (nSPS) is 15.4. The van der Waals surface area contributed by atoms with Crippen molar-refractivity contribution in [2.75, 3.05) is 11.9 Å². The number of fused-ring (bicyclic) bond motifs is 1. The molecule has 0 aliphatic carbocycles. The maximum absolute atomic E-state index is 12.8. The molecule has 0 saturated carbocycles. The predicted octanol–water partition coefficient (Wildman–Crippen LogP) is 4.99. The molecule has 2 aromatic carbocycles. The van der Waals surface area contributed by atoms with Gasteiger partial charge in [-0.15, -0.1) is 0 Å². The van der Waals surface area contributed by atoms with Crippen molar-refractivity contribution in [2.24, 2.45) is 0 Å². The van der Waals surface area contributed by atoms with E-state index in [4.69, 9.17) is 11.6 Å². The average molecular weight is 440 g/mol. The van der Waals surface area contributed by atoms with Crippen molar-refractivity contribution in [3.63, 3.8) is 0 Å². The Bertz CT molecular complexity index is 1180. The van der Waals surface area contributed by atoms with Crippen LogP contribution < -0.4 is 5.32 Å². The van der Waals surface area contributed by atoms with Gasteiger partial charge in [0.2, 0.25) is 5.91 Å². The lowest BCUT2D eigenvalue weighted by molar-refractivity contribution is -0.127. The summed E-state index contributed by atoms with van der Waals surface area (Å²) in [5.41, 5.74) is 2.47. The molecule has 0 unspecified atom stereocenters. The number of anilines is 1. The summed E-state index contributed by atoms with van der Waals surface area (Å²) in [5.74, 6) is -0.923. The van der Waals surface area contributed by atoms with Crippen molar-refractivity contribution in [3.8, 4) is 0 Å². The Morgan fingerprint density at radius 2 is 1.87 bits per heavy atom. The lowest BCUT2D eigenvalue weighted by Gasteiger charge is -2.12. The summed E-state index contributed by atoms with van der Waals surface area (Å²) in [7, 11) is 0. The van der Waals surface area contributed by atoms with Crippen LogP contribution in [-0.4, -0.2) is 33.1 Å². The van der Waals surface area contributed by atoms with E-state index in [9.17, 15) is 14.4 Å². The zero-order chi connectivity index (χ0) is 21.3. The number of aromatic nitrogens is 1. The van der Waals surface area contributed by atoms with E-state index in [0.717, 1.165) is 39.7 Å². The van der Waals surface area contributed by atoms with Crippen molar-refractivity contribution in [1.29, 1.82) is 0 Å². The first kappa shape index (κ1) is 20.3. The number of hydrogen-bond donors (Lipinski definition) is 1. The number of carbonyl (C=O) groups is 3. The second-order valence-electron chi connectivity index (χ2n) is 6.71. The number of aryl methyl sites for hydroxylation is 1. The van der Waals surface area contributed by atoms with E-state index in [-0.39, 0.29) is 6.54 Å². The van der Waals surface area contributed by atoms with Crippen LogP contribution in [0.4, 0.5) is 10.5 Å². The first-order valence-electron chi connectivity index (χ1n) is 9.35. The molecule has 1 N–H and O–H groups in total. The van der Waals surface area contributed by atoms with Gasteiger partial charge in [-0.25, -0.2) is 0 Å². The molecule has 0 atom stereocenters. The van der Waals surface area contributed by atoms with E-state index < -0.39 is 17.1 Å². The monoisotopic (exact) mass is 439 g/mol. The van der Waals surface area contributed by atoms with Crippen LogP contribution in [0, 0.1) is 0 Å². The molecule has 3 amide bonds. The SMILES string of the molecule is CCn1cc(C=C2SC(=O)N(CC(=O)Nc3ccc(Cl)cc3)C2=O)c2ccccc21. The summed E-state index contributed by atoms with van der Waals surface area (Å²) in [6, 6.07) is 14.5. The lowest BCUT2D eigenvalue weighted by Crippen LogP contribution is -2.36. The number of para-hydroxylation sites is 1. The number of nitrogens with zero attached hydrogens (tertiary/aromatic N) is 2. The molecule has 1 fully saturated rings. The Balaban J connectivity index is 1.53. The van der Waals surface area contributed by atoms with E-state index >= 15 is 0 Å². The van der Waals surface area contributed by atoms with E-state index in [2.05, 4.69) is 9.88 Å². The molecule has 1 aromatic heterocycles. The molecule has 152 valence electrons. The molecule has 1 aliphatic heterocycles. The van der Waals surface area contributed by atoms with Crippen LogP contribution in [0.1, 0.15) is 12.5 Å². The van der Waals surface area contributed by atoms with Crippen molar-refractivity contribution in [3.05, 3.63) is 70.2 Å². The van der Waals surface area contributed by atoms with Gasteiger partial charge in [0.25, 0.3) is 11.1 Å². The molecule has 8 heteroatoms. The minimum Gasteiger partial charge on any atom is -0.347 e. The molecule has 1 aliphatic rings. The van der Waals surface area contributed by atoms with E-state index in [1.807, 2.05) is 37.4 Å². The van der Waals surface area contributed by atoms with Crippen LogP contribution in [0.3, 0.4) is 0 Å². The number of carbonyl (C=O) groups excluding carboxylic acids is 3. The summed E-state index contributed by atoms with van der Waals surface area (Å²) in [6.07, 6.45) is 3.68. The third-order valence-electron chi connectivity index (χ3n) is 4.75.